The van der Waals surface area contributed by atoms with Crippen molar-refractivity contribution in [2.45, 2.75) is 55.6 Å². The van der Waals surface area contributed by atoms with Crippen molar-refractivity contribution in [3.05, 3.63) is 100 Å². The highest BCUT2D eigenvalue weighted by Crippen LogP contribution is 2.22. The van der Waals surface area contributed by atoms with Crippen molar-refractivity contribution < 1.29 is 18.0 Å². The van der Waals surface area contributed by atoms with E-state index in [0.717, 1.165) is 41.1 Å². The number of sulfonamides is 1. The summed E-state index contributed by atoms with van der Waals surface area (Å²) in [6.07, 6.45) is 4.19. The molecule has 40 heavy (non-hydrogen) atoms. The maximum Gasteiger partial charge on any atom is 0.243 e. The number of halogens is 2. The van der Waals surface area contributed by atoms with Gasteiger partial charge in [-0.05, 0) is 60.4 Å². The van der Waals surface area contributed by atoms with Gasteiger partial charge < -0.3 is 10.2 Å². The van der Waals surface area contributed by atoms with E-state index in [-0.39, 0.29) is 29.8 Å². The van der Waals surface area contributed by atoms with Crippen molar-refractivity contribution in [1.29, 1.82) is 0 Å². The molecule has 1 aliphatic carbocycles. The summed E-state index contributed by atoms with van der Waals surface area (Å²) >= 11 is 12.0. The third-order valence-corrected chi connectivity index (χ3v) is 9.44. The Bertz CT molecular complexity index is 1400. The number of rotatable bonds is 11. The first-order chi connectivity index (χ1) is 19.1. The highest BCUT2D eigenvalue weighted by atomic mass is 35.5. The Balaban J connectivity index is 1.65. The van der Waals surface area contributed by atoms with Gasteiger partial charge in [-0.3, -0.25) is 9.59 Å². The monoisotopic (exact) mass is 601 g/mol. The van der Waals surface area contributed by atoms with Gasteiger partial charge in [-0.25, -0.2) is 8.42 Å². The number of hydrogen-bond donors (Lipinski definition) is 1. The number of nitrogens with zero attached hydrogens (tertiary/aromatic N) is 2. The molecule has 0 aliphatic heterocycles. The quantitative estimate of drug-likeness (QED) is 0.322. The minimum atomic E-state index is -3.98. The molecule has 1 fully saturated rings. The maximum absolute atomic E-state index is 13.9. The molecule has 1 saturated carbocycles. The second kappa shape index (κ2) is 13.6. The van der Waals surface area contributed by atoms with E-state index < -0.39 is 28.5 Å². The van der Waals surface area contributed by atoms with Crippen LogP contribution in [-0.4, -0.2) is 55.1 Å². The fourth-order valence-corrected chi connectivity index (χ4v) is 6.23. The molecular formula is C30H33Cl2N3O4S. The number of carbonyl (C=O) groups is 2. The van der Waals surface area contributed by atoms with Crippen LogP contribution in [0.5, 0.6) is 0 Å². The fraction of sp³-hybridized carbons (Fsp3) is 0.333. The van der Waals surface area contributed by atoms with Crippen molar-refractivity contribution in [3.8, 4) is 0 Å². The predicted octanol–water partition coefficient (Wildman–Crippen LogP) is 5.31. The van der Waals surface area contributed by atoms with Gasteiger partial charge in [0.2, 0.25) is 21.8 Å². The van der Waals surface area contributed by atoms with E-state index in [0.29, 0.717) is 10.0 Å². The molecule has 212 valence electrons. The number of hydrogen-bond acceptors (Lipinski definition) is 4. The zero-order valence-corrected chi connectivity index (χ0v) is 24.6. The Morgan fingerprint density at radius 3 is 2.05 bits per heavy atom. The molecule has 7 nitrogen and oxygen atoms in total. The Hall–Kier alpha value is -2.91. The molecule has 0 saturated heterocycles. The molecule has 0 aromatic heterocycles. The van der Waals surface area contributed by atoms with E-state index in [2.05, 4.69) is 5.32 Å². The van der Waals surface area contributed by atoms with Crippen molar-refractivity contribution in [1.82, 2.24) is 14.5 Å². The molecule has 10 heteroatoms. The van der Waals surface area contributed by atoms with Crippen LogP contribution in [0.1, 0.15) is 36.8 Å². The number of nitrogens with one attached hydrogen (secondary N) is 1. The van der Waals surface area contributed by atoms with E-state index in [1.54, 1.807) is 24.3 Å². The highest BCUT2D eigenvalue weighted by Gasteiger charge is 2.34. The second-order valence-corrected chi connectivity index (χ2v) is 13.0. The first-order valence-electron chi connectivity index (χ1n) is 13.2. The molecule has 1 aliphatic rings. The molecule has 0 radical (unpaired) electrons. The number of amides is 2. The van der Waals surface area contributed by atoms with Gasteiger partial charge in [-0.15, -0.1) is 0 Å². The molecule has 3 aromatic rings. The molecule has 4 rings (SSSR count). The lowest BCUT2D eigenvalue weighted by atomic mass is 10.0. The van der Waals surface area contributed by atoms with Crippen molar-refractivity contribution in [3.63, 3.8) is 0 Å². The first kappa shape index (κ1) is 30.1. The van der Waals surface area contributed by atoms with Gasteiger partial charge in [0, 0.05) is 36.1 Å². The van der Waals surface area contributed by atoms with Crippen LogP contribution in [0.3, 0.4) is 0 Å². The summed E-state index contributed by atoms with van der Waals surface area (Å²) in [6, 6.07) is 21.5. The van der Waals surface area contributed by atoms with Gasteiger partial charge in [0.1, 0.15) is 6.04 Å². The topological polar surface area (TPSA) is 86.8 Å². The summed E-state index contributed by atoms with van der Waals surface area (Å²) in [5, 5.41) is 4.10. The van der Waals surface area contributed by atoms with Crippen molar-refractivity contribution in [2.75, 3.05) is 13.6 Å². The lowest BCUT2D eigenvalue weighted by molar-refractivity contribution is -0.141. The first-order valence-corrected chi connectivity index (χ1v) is 15.4. The van der Waals surface area contributed by atoms with E-state index in [1.807, 2.05) is 30.3 Å². The largest absolute Gasteiger partial charge is 0.352 e. The SMILES string of the molecule is CN(CC(=O)N(Cc1ccc(Cl)cc1)[C@@H](Cc1ccccc1)C(=O)NC1CCCC1)S(=O)(=O)c1ccc(Cl)cc1. The minimum Gasteiger partial charge on any atom is -0.352 e. The van der Waals surface area contributed by atoms with E-state index in [4.69, 9.17) is 23.2 Å². The summed E-state index contributed by atoms with van der Waals surface area (Å²) in [7, 11) is -2.62. The smallest absolute Gasteiger partial charge is 0.243 e. The molecule has 0 spiro atoms. The van der Waals surface area contributed by atoms with Crippen LogP contribution in [0.4, 0.5) is 0 Å². The summed E-state index contributed by atoms with van der Waals surface area (Å²) < 4.78 is 27.5. The molecule has 2 amide bonds. The Morgan fingerprint density at radius 2 is 1.45 bits per heavy atom. The molecule has 1 atom stereocenters. The average Bonchev–Trinajstić information content (AvgIpc) is 3.45. The fourth-order valence-electron chi connectivity index (χ4n) is 4.86. The predicted molar refractivity (Wildman–Crippen MR) is 158 cm³/mol. The van der Waals surface area contributed by atoms with Crippen molar-refractivity contribution in [2.24, 2.45) is 0 Å². The average molecular weight is 603 g/mol. The van der Waals surface area contributed by atoms with Crippen LogP contribution < -0.4 is 5.32 Å². The molecule has 1 N–H and O–H groups in total. The van der Waals surface area contributed by atoms with E-state index >= 15 is 0 Å². The zero-order chi connectivity index (χ0) is 28.7. The van der Waals surface area contributed by atoms with Crippen LogP contribution in [0.2, 0.25) is 10.0 Å². The van der Waals surface area contributed by atoms with Crippen molar-refractivity contribution >= 4 is 45.0 Å². The van der Waals surface area contributed by atoms with Gasteiger partial charge >= 0.3 is 0 Å². The van der Waals surface area contributed by atoms with Gasteiger partial charge in [0.15, 0.2) is 0 Å². The van der Waals surface area contributed by atoms with Gasteiger partial charge in [0.25, 0.3) is 0 Å². The molecule has 0 bridgehead atoms. The number of likely N-dealkylation sites (N-methyl/N-ethyl adjacent to an activating group) is 1. The van der Waals surface area contributed by atoms with E-state index in [9.17, 15) is 18.0 Å². The van der Waals surface area contributed by atoms with Crippen LogP contribution in [0.15, 0.2) is 83.8 Å². The van der Waals surface area contributed by atoms with E-state index in [1.165, 1.54) is 36.2 Å². The minimum absolute atomic E-state index is 0.0243. The normalized spacial score (nSPS) is 14.7. The van der Waals surface area contributed by atoms with Crippen LogP contribution in [0, 0.1) is 0 Å². The third kappa shape index (κ3) is 7.85. The summed E-state index contributed by atoms with van der Waals surface area (Å²) in [5.41, 5.74) is 1.66. The Morgan fingerprint density at radius 1 is 0.875 bits per heavy atom. The Kier molecular flexibility index (Phi) is 10.2. The van der Waals surface area contributed by atoms with Crippen LogP contribution in [-0.2, 0) is 32.6 Å². The van der Waals surface area contributed by atoms with Crippen LogP contribution in [0.25, 0.3) is 0 Å². The lowest BCUT2D eigenvalue weighted by Crippen LogP contribution is -2.54. The third-order valence-electron chi connectivity index (χ3n) is 7.12. The van der Waals surface area contributed by atoms with Gasteiger partial charge in [-0.2, -0.15) is 4.31 Å². The zero-order valence-electron chi connectivity index (χ0n) is 22.3. The molecular weight excluding hydrogens is 569 g/mol. The van der Waals surface area contributed by atoms with Crippen LogP contribution >= 0.6 is 23.2 Å². The Labute approximate surface area is 246 Å². The summed E-state index contributed by atoms with van der Waals surface area (Å²) in [6.45, 7) is -0.332. The summed E-state index contributed by atoms with van der Waals surface area (Å²) in [4.78, 5) is 29.2. The number of carbonyl (C=O) groups excluding carboxylic acids is 2. The summed E-state index contributed by atoms with van der Waals surface area (Å²) in [5.74, 6) is -0.737. The maximum atomic E-state index is 13.9. The van der Waals surface area contributed by atoms with Gasteiger partial charge in [0.05, 0.1) is 11.4 Å². The number of benzene rings is 3. The standard InChI is InChI=1S/C30H33Cl2N3O4S/c1-34(40(38,39)27-17-15-25(32)16-18-27)21-29(36)35(20-23-11-13-24(31)14-12-23)28(19-22-7-3-2-4-8-22)30(37)33-26-9-5-6-10-26/h2-4,7-8,11-18,26,28H,5-6,9-10,19-21H2,1H3,(H,33,37)/t28-/m0/s1. The highest BCUT2D eigenvalue weighted by molar-refractivity contribution is 7.89. The molecule has 3 aromatic carbocycles. The van der Waals surface area contributed by atoms with Gasteiger partial charge in [-0.1, -0.05) is 78.5 Å². The molecule has 0 heterocycles. The molecule has 0 unspecified atom stereocenters. The second-order valence-electron chi connectivity index (χ2n) is 10.1. The lowest BCUT2D eigenvalue weighted by Gasteiger charge is -2.33.